The van der Waals surface area contributed by atoms with Crippen LogP contribution < -0.4 is 0 Å². The molecule has 15 heteroatoms. The number of carboxylic acids is 1. The maximum absolute atomic E-state index is 13.7. The van der Waals surface area contributed by atoms with Gasteiger partial charge in [0.1, 0.15) is 23.6 Å². The fraction of sp³-hybridized carbons (Fsp3) is 0.946. The highest BCUT2D eigenvalue weighted by molar-refractivity contribution is 5.83. The molecule has 2 saturated heterocycles. The summed E-state index contributed by atoms with van der Waals surface area (Å²) >= 11 is 0. The zero-order valence-electron chi connectivity index (χ0n) is 33.4. The quantitative estimate of drug-likeness (QED) is 0.0988. The topological polar surface area (TPSA) is 225 Å². The number of Topliss-reactive ketones (excluding diaryl/α,β-unsaturated/α-hetero) is 1. The van der Waals surface area contributed by atoms with Crippen LogP contribution in [0.1, 0.15) is 94.9 Å². The molecule has 2 rings (SSSR count). The van der Waals surface area contributed by atoms with E-state index in [0.717, 1.165) is 0 Å². The zero-order valence-corrected chi connectivity index (χ0v) is 33.4. The predicted molar refractivity (Wildman–Crippen MR) is 190 cm³/mol. The van der Waals surface area contributed by atoms with Crippen LogP contribution in [0.15, 0.2) is 0 Å². The van der Waals surface area contributed by atoms with E-state index in [0.29, 0.717) is 6.42 Å². The molecular weight excluding hydrogens is 682 g/mol. The first kappa shape index (κ1) is 46.8. The van der Waals surface area contributed by atoms with Crippen LogP contribution in [0.5, 0.6) is 0 Å². The van der Waals surface area contributed by atoms with E-state index < -0.39 is 108 Å². The van der Waals surface area contributed by atoms with E-state index in [4.69, 9.17) is 23.7 Å². The molecule has 0 aromatic carbocycles. The summed E-state index contributed by atoms with van der Waals surface area (Å²) in [5, 5.41) is 76.9. The Labute approximate surface area is 309 Å². The summed E-state index contributed by atoms with van der Waals surface area (Å²) in [6.45, 7) is 15.6. The van der Waals surface area contributed by atoms with Crippen LogP contribution in [0, 0.1) is 23.7 Å². The molecule has 2 fully saturated rings. The monoisotopic (exact) mass is 751 g/mol. The first-order valence-electron chi connectivity index (χ1n) is 18.5. The number of ether oxygens (including phenoxy) is 5. The number of aliphatic hydroxyl groups excluding tert-OH is 4. The fourth-order valence-corrected chi connectivity index (χ4v) is 7.97. The molecule has 2 aliphatic heterocycles. The molecule has 0 spiro atoms. The van der Waals surface area contributed by atoms with E-state index in [1.54, 1.807) is 34.6 Å². The summed E-state index contributed by atoms with van der Waals surface area (Å²) in [5.74, 6) is -5.88. The van der Waals surface area contributed by atoms with Gasteiger partial charge in [-0.15, -0.1) is 0 Å². The van der Waals surface area contributed by atoms with Gasteiger partial charge < -0.3 is 64.3 Å². The maximum Gasteiger partial charge on any atom is 0.308 e. The maximum atomic E-state index is 13.7. The highest BCUT2D eigenvalue weighted by atomic mass is 16.7. The van der Waals surface area contributed by atoms with Crippen molar-refractivity contribution in [3.63, 3.8) is 0 Å². The number of ketones is 1. The van der Waals surface area contributed by atoms with Gasteiger partial charge in [0.2, 0.25) is 0 Å². The lowest BCUT2D eigenvalue weighted by Gasteiger charge is -2.48. The van der Waals surface area contributed by atoms with E-state index in [9.17, 15) is 45.3 Å². The Morgan fingerprint density at radius 2 is 1.58 bits per heavy atom. The molecule has 0 amide bonds. The predicted octanol–water partition coefficient (Wildman–Crippen LogP) is 1.31. The van der Waals surface area contributed by atoms with Crippen molar-refractivity contribution in [2.24, 2.45) is 23.7 Å². The lowest BCUT2D eigenvalue weighted by Crippen LogP contribution is -2.60. The average Bonchev–Trinajstić information content (AvgIpc) is 3.06. The van der Waals surface area contributed by atoms with Gasteiger partial charge in [0.15, 0.2) is 12.6 Å². The number of aliphatic carboxylic acids is 1. The number of hydrogen-bond acceptors (Lipinski definition) is 14. The van der Waals surface area contributed by atoms with Crippen molar-refractivity contribution < 1.29 is 69.0 Å². The zero-order chi connectivity index (χ0) is 40.3. The summed E-state index contributed by atoms with van der Waals surface area (Å²) in [6, 6.07) is -0.371. The molecule has 0 aliphatic carbocycles. The van der Waals surface area contributed by atoms with E-state index in [1.165, 1.54) is 34.8 Å². The molecule has 2 aliphatic rings. The third kappa shape index (κ3) is 10.7. The number of carbonyl (C=O) groups excluding carboxylic acids is 1. The van der Waals surface area contributed by atoms with Crippen LogP contribution in [0.3, 0.4) is 0 Å². The molecule has 52 heavy (non-hydrogen) atoms. The van der Waals surface area contributed by atoms with Gasteiger partial charge in [0.05, 0.1) is 53.7 Å². The van der Waals surface area contributed by atoms with Crippen LogP contribution in [-0.4, -0.2) is 158 Å². The van der Waals surface area contributed by atoms with Gasteiger partial charge in [0, 0.05) is 37.3 Å². The van der Waals surface area contributed by atoms with Gasteiger partial charge in [-0.05, 0) is 74.9 Å². The summed E-state index contributed by atoms with van der Waals surface area (Å²) in [4.78, 5) is 28.1. The van der Waals surface area contributed by atoms with Crippen LogP contribution >= 0.6 is 0 Å². The van der Waals surface area contributed by atoms with Crippen LogP contribution in [0.2, 0.25) is 0 Å². The van der Waals surface area contributed by atoms with E-state index in [-0.39, 0.29) is 31.4 Å². The van der Waals surface area contributed by atoms with Gasteiger partial charge in [-0.3, -0.25) is 9.59 Å². The summed E-state index contributed by atoms with van der Waals surface area (Å²) in [7, 11) is 5.08. The minimum atomic E-state index is -1.98. The van der Waals surface area contributed by atoms with Crippen LogP contribution in [0.4, 0.5) is 0 Å². The smallest absolute Gasteiger partial charge is 0.308 e. The molecule has 0 aromatic rings. The molecule has 18 atom stereocenters. The molecule has 7 N–H and O–H groups in total. The summed E-state index contributed by atoms with van der Waals surface area (Å²) < 4.78 is 30.6. The highest BCUT2D eigenvalue weighted by Crippen LogP contribution is 2.39. The third-order valence-electron chi connectivity index (χ3n) is 11.6. The van der Waals surface area contributed by atoms with Crippen molar-refractivity contribution in [2.75, 3.05) is 21.2 Å². The number of likely N-dealkylation sites (N-methyl/N-ethyl adjacent to an activating group) is 1. The largest absolute Gasteiger partial charge is 0.481 e. The van der Waals surface area contributed by atoms with Gasteiger partial charge in [-0.25, -0.2) is 0 Å². The standard InChI is InChI=1S/C37H69NO14/c1-14-25(39)37(10,47)30(42)20(4)27(40)18(2)16-35(8,46)32(52-34-28(41)24(38(11)12)15-19(3)49-34)21(5)29(22(6)33(44)45)51-26-17-36(9,48-13)31(43)23(7)50-26/h18-26,28-32,34,39,41-43,46-47H,14-17H2,1-13H3,(H,44,45). The van der Waals surface area contributed by atoms with Crippen molar-refractivity contribution in [3.8, 4) is 0 Å². The molecule has 0 radical (unpaired) electrons. The van der Waals surface area contributed by atoms with Crippen molar-refractivity contribution in [3.05, 3.63) is 0 Å². The number of hydrogen-bond donors (Lipinski definition) is 7. The lowest BCUT2D eigenvalue weighted by atomic mass is 9.74. The van der Waals surface area contributed by atoms with E-state index in [1.807, 2.05) is 25.9 Å². The average molecular weight is 752 g/mol. The molecular formula is C37H69NO14. The second-order valence-corrected chi connectivity index (χ2v) is 16.4. The lowest BCUT2D eigenvalue weighted by molar-refractivity contribution is -0.317. The minimum Gasteiger partial charge on any atom is -0.481 e. The Morgan fingerprint density at radius 1 is 1.00 bits per heavy atom. The number of methoxy groups -OCH3 is 1. The first-order chi connectivity index (χ1) is 23.8. The van der Waals surface area contributed by atoms with E-state index >= 15 is 0 Å². The van der Waals surface area contributed by atoms with Gasteiger partial charge >= 0.3 is 5.97 Å². The second-order valence-electron chi connectivity index (χ2n) is 16.4. The Morgan fingerprint density at radius 3 is 2.08 bits per heavy atom. The molecule has 15 nitrogen and oxygen atoms in total. The molecule has 0 saturated carbocycles. The molecule has 2 heterocycles. The Hall–Kier alpha value is -1.34. The van der Waals surface area contributed by atoms with Gasteiger partial charge in [-0.1, -0.05) is 27.7 Å². The summed E-state index contributed by atoms with van der Waals surface area (Å²) in [6.07, 6.45) is -10.5. The normalized spacial score (nSPS) is 35.7. The van der Waals surface area contributed by atoms with Crippen LogP contribution in [-0.2, 0) is 33.3 Å². The van der Waals surface area contributed by atoms with Crippen molar-refractivity contribution in [2.45, 2.75) is 179 Å². The molecule has 306 valence electrons. The second kappa shape index (κ2) is 18.5. The molecule has 18 unspecified atom stereocenters. The van der Waals surface area contributed by atoms with Crippen molar-refractivity contribution >= 4 is 11.8 Å². The Balaban J connectivity index is 2.57. The third-order valence-corrected chi connectivity index (χ3v) is 11.6. The van der Waals surface area contributed by atoms with E-state index in [2.05, 4.69) is 0 Å². The number of nitrogens with zero attached hydrogens (tertiary/aromatic N) is 1. The van der Waals surface area contributed by atoms with Gasteiger partial charge in [0.25, 0.3) is 0 Å². The Kier molecular flexibility index (Phi) is 16.7. The number of carbonyl (C=O) groups is 2. The molecule has 0 aromatic heterocycles. The van der Waals surface area contributed by atoms with Gasteiger partial charge in [-0.2, -0.15) is 0 Å². The fourth-order valence-electron chi connectivity index (χ4n) is 7.97. The first-order valence-corrected chi connectivity index (χ1v) is 18.5. The van der Waals surface area contributed by atoms with Crippen molar-refractivity contribution in [1.29, 1.82) is 0 Å². The summed E-state index contributed by atoms with van der Waals surface area (Å²) in [5.41, 5.74) is -4.96. The van der Waals surface area contributed by atoms with Crippen molar-refractivity contribution in [1.82, 2.24) is 4.90 Å². The highest BCUT2D eigenvalue weighted by Gasteiger charge is 2.52. The minimum absolute atomic E-state index is 0.0568. The van der Waals surface area contributed by atoms with Crippen LogP contribution in [0.25, 0.3) is 0 Å². The Bertz CT molecular complexity index is 1150. The number of carboxylic acid groups (broad SMARTS) is 1. The SMILES string of the molecule is CCC(O)C(C)(O)C(O)C(C)C(=O)C(C)CC(C)(O)C(OC1OC(C)CC(N(C)C)C1O)C(C)C(OC1CC(C)(OC)C(O)C(C)O1)C(C)C(=O)O. The number of aliphatic hydroxyl groups is 6. The number of rotatable bonds is 19. The molecule has 0 bridgehead atoms.